The highest BCUT2D eigenvalue weighted by atomic mass is 16.1. The molecule has 0 unspecified atom stereocenters. The number of hydrogen-bond donors (Lipinski definition) is 1. The summed E-state index contributed by atoms with van der Waals surface area (Å²) in [4.78, 5) is 16.5. The monoisotopic (exact) mass is 352 g/mol. The van der Waals surface area contributed by atoms with Gasteiger partial charge in [0, 0.05) is 17.8 Å². The molecule has 136 valence electrons. The quantitative estimate of drug-likeness (QED) is 0.738. The molecule has 2 heterocycles. The van der Waals surface area contributed by atoms with Crippen LogP contribution >= 0.6 is 0 Å². The third-order valence-electron chi connectivity index (χ3n) is 4.22. The van der Waals surface area contributed by atoms with Crippen molar-refractivity contribution in [3.63, 3.8) is 0 Å². The van der Waals surface area contributed by atoms with Crippen molar-refractivity contribution in [3.05, 3.63) is 64.5 Å². The zero-order valence-corrected chi connectivity index (χ0v) is 15.7. The van der Waals surface area contributed by atoms with E-state index in [9.17, 15) is 4.79 Å². The summed E-state index contributed by atoms with van der Waals surface area (Å²) in [5.74, 6) is 1.51. The van der Waals surface area contributed by atoms with Crippen molar-refractivity contribution in [1.29, 1.82) is 0 Å². The third kappa shape index (κ3) is 4.17. The first-order valence-electron chi connectivity index (χ1n) is 8.68. The molecule has 7 heteroatoms. The average Bonchev–Trinajstić information content (AvgIpc) is 3.08. The Kier molecular flexibility index (Phi) is 5.16. The average molecular weight is 352 g/mol. The number of amides is 1. The normalized spacial score (nSPS) is 10.9. The van der Waals surface area contributed by atoms with Gasteiger partial charge in [0.25, 0.3) is 5.91 Å². The molecule has 2 aromatic heterocycles. The van der Waals surface area contributed by atoms with Crippen LogP contribution in [0, 0.1) is 27.7 Å². The summed E-state index contributed by atoms with van der Waals surface area (Å²) >= 11 is 0. The maximum atomic E-state index is 12.3. The number of carbonyl (C=O) groups excluding carboxylic acids is 1. The maximum Gasteiger partial charge on any atom is 0.251 e. The molecule has 0 radical (unpaired) electrons. The van der Waals surface area contributed by atoms with Crippen LogP contribution in [0.25, 0.3) is 0 Å². The summed E-state index contributed by atoms with van der Waals surface area (Å²) < 4.78 is 3.76. The second kappa shape index (κ2) is 7.51. The summed E-state index contributed by atoms with van der Waals surface area (Å²) in [7, 11) is 0. The second-order valence-electron chi connectivity index (χ2n) is 6.47. The Balaban J connectivity index is 1.55. The minimum absolute atomic E-state index is 0.0860. The number of aromatic nitrogens is 5. The van der Waals surface area contributed by atoms with Crippen LogP contribution in [0.3, 0.4) is 0 Å². The van der Waals surface area contributed by atoms with Crippen LogP contribution in [0.4, 0.5) is 0 Å². The topological polar surface area (TPSA) is 77.6 Å². The van der Waals surface area contributed by atoms with E-state index in [0.717, 1.165) is 28.6 Å². The van der Waals surface area contributed by atoms with Gasteiger partial charge in [-0.05, 0) is 51.5 Å². The molecule has 1 N–H and O–H groups in total. The lowest BCUT2D eigenvalue weighted by molar-refractivity contribution is 0.0952. The smallest absolute Gasteiger partial charge is 0.251 e. The molecule has 0 atom stereocenters. The highest BCUT2D eigenvalue weighted by molar-refractivity contribution is 5.94. The van der Waals surface area contributed by atoms with Gasteiger partial charge in [-0.1, -0.05) is 12.1 Å². The lowest BCUT2D eigenvalue weighted by Crippen LogP contribution is -2.27. The SMILES string of the molecule is Cc1cc(C)n(Cc2ccc(C(=O)NCCn3nc(C)nc3C)cc2)n1. The van der Waals surface area contributed by atoms with Crippen LogP contribution in [0.15, 0.2) is 30.3 Å². The largest absolute Gasteiger partial charge is 0.350 e. The number of carbonyl (C=O) groups is 1. The van der Waals surface area contributed by atoms with Crippen LogP contribution in [-0.4, -0.2) is 37.0 Å². The molecule has 26 heavy (non-hydrogen) atoms. The molecule has 0 aliphatic carbocycles. The van der Waals surface area contributed by atoms with Gasteiger partial charge >= 0.3 is 0 Å². The Hall–Kier alpha value is -2.96. The molecular formula is C19H24N6O. The highest BCUT2D eigenvalue weighted by Crippen LogP contribution is 2.09. The molecule has 0 fully saturated rings. The van der Waals surface area contributed by atoms with Crippen molar-refractivity contribution in [2.45, 2.75) is 40.8 Å². The minimum atomic E-state index is -0.0860. The molecule has 3 aromatic rings. The minimum Gasteiger partial charge on any atom is -0.350 e. The van der Waals surface area contributed by atoms with Crippen molar-refractivity contribution in [2.24, 2.45) is 0 Å². The van der Waals surface area contributed by atoms with E-state index in [-0.39, 0.29) is 5.91 Å². The van der Waals surface area contributed by atoms with Crippen LogP contribution in [0.5, 0.6) is 0 Å². The molecule has 0 saturated heterocycles. The van der Waals surface area contributed by atoms with Gasteiger partial charge in [0.2, 0.25) is 0 Å². The molecular weight excluding hydrogens is 328 g/mol. The molecule has 0 bridgehead atoms. The fraction of sp³-hybridized carbons (Fsp3) is 0.368. The lowest BCUT2D eigenvalue weighted by Gasteiger charge is -2.08. The summed E-state index contributed by atoms with van der Waals surface area (Å²) in [5, 5.41) is 11.7. The van der Waals surface area contributed by atoms with E-state index in [0.29, 0.717) is 25.2 Å². The van der Waals surface area contributed by atoms with Crippen molar-refractivity contribution < 1.29 is 4.79 Å². The summed E-state index contributed by atoms with van der Waals surface area (Å²) in [5.41, 5.74) is 3.90. The molecule has 0 spiro atoms. The standard InChI is InChI=1S/C19H24N6O/c1-13-11-14(2)25(22-13)12-17-5-7-18(8-6-17)19(26)20-9-10-24-16(4)21-15(3)23-24/h5-8,11H,9-10,12H2,1-4H3,(H,20,26). The van der Waals surface area contributed by atoms with Crippen LogP contribution in [0.1, 0.15) is 39.0 Å². The van der Waals surface area contributed by atoms with Crippen molar-refractivity contribution in [1.82, 2.24) is 29.9 Å². The number of rotatable bonds is 6. The second-order valence-corrected chi connectivity index (χ2v) is 6.47. The number of hydrogen-bond acceptors (Lipinski definition) is 4. The van der Waals surface area contributed by atoms with Gasteiger partial charge < -0.3 is 5.32 Å². The fourth-order valence-corrected chi connectivity index (χ4v) is 2.92. The van der Waals surface area contributed by atoms with Crippen molar-refractivity contribution in [3.8, 4) is 0 Å². The van der Waals surface area contributed by atoms with E-state index >= 15 is 0 Å². The summed E-state index contributed by atoms with van der Waals surface area (Å²) in [6, 6.07) is 9.69. The number of benzene rings is 1. The van der Waals surface area contributed by atoms with Gasteiger partial charge in [-0.3, -0.25) is 9.48 Å². The van der Waals surface area contributed by atoms with E-state index in [4.69, 9.17) is 0 Å². The molecule has 0 saturated carbocycles. The van der Waals surface area contributed by atoms with Crippen LogP contribution < -0.4 is 5.32 Å². The number of nitrogens with zero attached hydrogens (tertiary/aromatic N) is 5. The van der Waals surface area contributed by atoms with Gasteiger partial charge in [-0.2, -0.15) is 10.2 Å². The Morgan fingerprint density at radius 1 is 1.04 bits per heavy atom. The van der Waals surface area contributed by atoms with E-state index in [1.54, 1.807) is 4.68 Å². The van der Waals surface area contributed by atoms with Gasteiger partial charge in [-0.15, -0.1) is 0 Å². The molecule has 1 aromatic carbocycles. The lowest BCUT2D eigenvalue weighted by atomic mass is 10.1. The van der Waals surface area contributed by atoms with E-state index in [1.165, 1.54) is 0 Å². The first-order valence-corrected chi connectivity index (χ1v) is 8.68. The Bertz CT molecular complexity index is 907. The molecule has 3 rings (SSSR count). The molecule has 7 nitrogen and oxygen atoms in total. The summed E-state index contributed by atoms with van der Waals surface area (Å²) in [6.07, 6.45) is 0. The molecule has 0 aliphatic rings. The Morgan fingerprint density at radius 2 is 1.77 bits per heavy atom. The van der Waals surface area contributed by atoms with Gasteiger partial charge in [-0.25, -0.2) is 9.67 Å². The van der Waals surface area contributed by atoms with E-state index in [2.05, 4.69) is 26.6 Å². The zero-order valence-electron chi connectivity index (χ0n) is 15.7. The summed E-state index contributed by atoms with van der Waals surface area (Å²) in [6.45, 7) is 9.61. The first-order chi connectivity index (χ1) is 12.4. The highest BCUT2D eigenvalue weighted by Gasteiger charge is 2.08. The predicted molar refractivity (Wildman–Crippen MR) is 99.1 cm³/mol. The zero-order chi connectivity index (χ0) is 18.7. The van der Waals surface area contributed by atoms with Crippen LogP contribution in [0.2, 0.25) is 0 Å². The van der Waals surface area contributed by atoms with Crippen molar-refractivity contribution in [2.75, 3.05) is 6.54 Å². The Morgan fingerprint density at radius 3 is 2.35 bits per heavy atom. The van der Waals surface area contributed by atoms with Gasteiger partial charge in [0.15, 0.2) is 0 Å². The van der Waals surface area contributed by atoms with Gasteiger partial charge in [0.05, 0.1) is 18.8 Å². The molecule has 0 aliphatic heterocycles. The number of nitrogens with one attached hydrogen (secondary N) is 1. The maximum absolute atomic E-state index is 12.3. The van der Waals surface area contributed by atoms with E-state index in [1.807, 2.05) is 56.6 Å². The van der Waals surface area contributed by atoms with Crippen molar-refractivity contribution >= 4 is 5.91 Å². The fourth-order valence-electron chi connectivity index (χ4n) is 2.92. The number of aryl methyl sites for hydroxylation is 4. The Labute approximate surface area is 153 Å². The molecule has 1 amide bonds. The van der Waals surface area contributed by atoms with E-state index < -0.39 is 0 Å². The van der Waals surface area contributed by atoms with Gasteiger partial charge in [0.1, 0.15) is 11.6 Å². The first kappa shape index (κ1) is 17.8. The third-order valence-corrected chi connectivity index (χ3v) is 4.22. The predicted octanol–water partition coefficient (Wildman–Crippen LogP) is 2.19. The van der Waals surface area contributed by atoms with Crippen LogP contribution in [-0.2, 0) is 13.1 Å².